The van der Waals surface area contributed by atoms with Crippen LogP contribution in [0, 0.1) is 11.8 Å². The van der Waals surface area contributed by atoms with Crippen molar-refractivity contribution in [1.29, 1.82) is 0 Å². The SMILES string of the molecule is CCc1cccc(CC)c1NC(=O)COC(=O)c1ccc(N2C(=O)[C@@H]3C[C@@H](Cl)[C@@H](Cl)C[C@H]3C2=O)cc1. The Morgan fingerprint density at radius 1 is 0.917 bits per heavy atom. The first kappa shape index (κ1) is 26.2. The fourth-order valence-corrected chi connectivity index (χ4v) is 5.48. The van der Waals surface area contributed by atoms with Crippen LogP contribution < -0.4 is 10.2 Å². The van der Waals surface area contributed by atoms with Crippen LogP contribution in [0.5, 0.6) is 0 Å². The number of nitrogens with one attached hydrogen (secondary N) is 1. The standard InChI is InChI=1S/C27H28Cl2N2O5/c1-3-15-6-5-7-16(4-2)24(15)30-23(32)14-36-27(35)17-8-10-18(11-9-17)31-25(33)19-12-21(28)22(29)13-20(19)26(31)34/h5-11,19-22H,3-4,12-14H2,1-2H3,(H,30,32)/t19-,20-,21-,22+/m1/s1. The monoisotopic (exact) mass is 530 g/mol. The molecule has 2 fully saturated rings. The average Bonchev–Trinajstić information content (AvgIpc) is 3.11. The number of esters is 1. The third-order valence-electron chi connectivity index (χ3n) is 6.87. The summed E-state index contributed by atoms with van der Waals surface area (Å²) >= 11 is 12.5. The Hall–Kier alpha value is -2.90. The van der Waals surface area contributed by atoms with Crippen LogP contribution in [-0.2, 0) is 32.0 Å². The zero-order valence-corrected chi connectivity index (χ0v) is 21.6. The fourth-order valence-electron chi connectivity index (χ4n) is 4.89. The van der Waals surface area contributed by atoms with E-state index in [-0.39, 0.29) is 28.1 Å². The topological polar surface area (TPSA) is 92.8 Å². The molecule has 190 valence electrons. The zero-order valence-electron chi connectivity index (χ0n) is 20.1. The number of amides is 3. The van der Waals surface area contributed by atoms with Crippen LogP contribution >= 0.6 is 23.2 Å². The van der Waals surface area contributed by atoms with Gasteiger partial charge in [0.15, 0.2) is 6.61 Å². The van der Waals surface area contributed by atoms with Gasteiger partial charge in [0.25, 0.3) is 5.91 Å². The lowest BCUT2D eigenvalue weighted by Crippen LogP contribution is -2.34. The molecule has 1 aliphatic carbocycles. The van der Waals surface area contributed by atoms with E-state index < -0.39 is 30.3 Å². The molecule has 3 amide bonds. The van der Waals surface area contributed by atoms with Gasteiger partial charge in [-0.3, -0.25) is 19.3 Å². The lowest BCUT2D eigenvalue weighted by atomic mass is 9.80. The Morgan fingerprint density at radius 2 is 1.44 bits per heavy atom. The Kier molecular flexibility index (Phi) is 8.00. The van der Waals surface area contributed by atoms with E-state index in [1.165, 1.54) is 24.3 Å². The van der Waals surface area contributed by atoms with Crippen molar-refractivity contribution in [2.24, 2.45) is 11.8 Å². The van der Waals surface area contributed by atoms with Gasteiger partial charge in [-0.25, -0.2) is 4.79 Å². The van der Waals surface area contributed by atoms with Gasteiger partial charge in [-0.2, -0.15) is 0 Å². The molecule has 7 nitrogen and oxygen atoms in total. The zero-order chi connectivity index (χ0) is 26.0. The van der Waals surface area contributed by atoms with Crippen molar-refractivity contribution in [2.75, 3.05) is 16.8 Å². The summed E-state index contributed by atoms with van der Waals surface area (Å²) in [5.74, 6) is -2.68. The molecule has 1 saturated heterocycles. The molecule has 0 spiro atoms. The van der Waals surface area contributed by atoms with Crippen molar-refractivity contribution >= 4 is 58.3 Å². The summed E-state index contributed by atoms with van der Waals surface area (Å²) in [6.07, 6.45) is 2.24. The van der Waals surface area contributed by atoms with Gasteiger partial charge in [0.2, 0.25) is 11.8 Å². The summed E-state index contributed by atoms with van der Waals surface area (Å²) in [5.41, 5.74) is 3.36. The Morgan fingerprint density at radius 3 is 1.94 bits per heavy atom. The molecule has 0 bridgehead atoms. The number of ether oxygens (including phenoxy) is 1. The van der Waals surface area contributed by atoms with E-state index in [9.17, 15) is 19.2 Å². The molecule has 1 saturated carbocycles. The maximum Gasteiger partial charge on any atom is 0.338 e. The number of alkyl halides is 2. The number of hydrogen-bond donors (Lipinski definition) is 1. The van der Waals surface area contributed by atoms with Gasteiger partial charge in [0.1, 0.15) is 0 Å². The highest BCUT2D eigenvalue weighted by Gasteiger charge is 2.52. The third kappa shape index (κ3) is 5.13. The maximum absolute atomic E-state index is 12.9. The first-order chi connectivity index (χ1) is 17.2. The maximum atomic E-state index is 12.9. The number of para-hydroxylation sites is 1. The number of nitrogens with zero attached hydrogens (tertiary/aromatic N) is 1. The Balaban J connectivity index is 1.38. The van der Waals surface area contributed by atoms with E-state index in [0.717, 1.165) is 34.6 Å². The molecule has 4 atom stereocenters. The van der Waals surface area contributed by atoms with Gasteiger partial charge in [-0.05, 0) is 61.1 Å². The number of hydrogen-bond acceptors (Lipinski definition) is 5. The van der Waals surface area contributed by atoms with Crippen molar-refractivity contribution in [3.63, 3.8) is 0 Å². The van der Waals surface area contributed by atoms with Crippen LogP contribution in [0.4, 0.5) is 11.4 Å². The molecule has 9 heteroatoms. The first-order valence-corrected chi connectivity index (χ1v) is 13.0. The summed E-state index contributed by atoms with van der Waals surface area (Å²) in [6, 6.07) is 11.8. The smallest absolute Gasteiger partial charge is 0.338 e. The molecule has 1 N–H and O–H groups in total. The Bertz CT molecular complexity index is 1130. The van der Waals surface area contributed by atoms with E-state index in [0.29, 0.717) is 18.5 Å². The molecule has 0 unspecified atom stereocenters. The highest BCUT2D eigenvalue weighted by Crippen LogP contribution is 2.43. The molecule has 36 heavy (non-hydrogen) atoms. The van der Waals surface area contributed by atoms with E-state index in [2.05, 4.69) is 5.32 Å². The molecule has 1 heterocycles. The fraction of sp³-hybridized carbons (Fsp3) is 0.407. The second-order valence-corrected chi connectivity index (χ2v) is 10.2. The largest absolute Gasteiger partial charge is 0.452 e. The van der Waals surface area contributed by atoms with Crippen molar-refractivity contribution in [2.45, 2.75) is 50.3 Å². The van der Waals surface area contributed by atoms with Gasteiger partial charge in [-0.1, -0.05) is 32.0 Å². The minimum absolute atomic E-state index is 0.202. The normalized spacial score (nSPS) is 23.4. The van der Waals surface area contributed by atoms with Crippen LogP contribution in [0.1, 0.15) is 48.2 Å². The highest BCUT2D eigenvalue weighted by atomic mass is 35.5. The lowest BCUT2D eigenvalue weighted by Gasteiger charge is -2.28. The summed E-state index contributed by atoms with van der Waals surface area (Å²) in [4.78, 5) is 51.9. The summed E-state index contributed by atoms with van der Waals surface area (Å²) < 4.78 is 5.19. The number of imide groups is 1. The van der Waals surface area contributed by atoms with E-state index in [1.807, 2.05) is 32.0 Å². The predicted octanol–water partition coefficient (Wildman–Crippen LogP) is 4.72. The molecular weight excluding hydrogens is 503 g/mol. The molecule has 4 rings (SSSR count). The second kappa shape index (κ2) is 11.0. The van der Waals surface area contributed by atoms with Crippen molar-refractivity contribution < 1.29 is 23.9 Å². The molecule has 2 aromatic carbocycles. The van der Waals surface area contributed by atoms with E-state index in [4.69, 9.17) is 27.9 Å². The number of fused-ring (bicyclic) bond motifs is 1. The van der Waals surface area contributed by atoms with Gasteiger partial charge < -0.3 is 10.1 Å². The van der Waals surface area contributed by atoms with E-state index >= 15 is 0 Å². The number of carbonyl (C=O) groups is 4. The van der Waals surface area contributed by atoms with Gasteiger partial charge >= 0.3 is 5.97 Å². The number of halogens is 2. The number of carbonyl (C=O) groups excluding carboxylic acids is 4. The van der Waals surface area contributed by atoms with Gasteiger partial charge in [0, 0.05) is 5.69 Å². The molecule has 2 aromatic rings. The van der Waals surface area contributed by atoms with Gasteiger partial charge in [0.05, 0.1) is 33.8 Å². The summed E-state index contributed by atoms with van der Waals surface area (Å²) in [5, 5.41) is 2.14. The lowest BCUT2D eigenvalue weighted by molar-refractivity contribution is -0.122. The second-order valence-electron chi connectivity index (χ2n) is 9.06. The molecule has 0 aromatic heterocycles. The molecule has 0 radical (unpaired) electrons. The minimum atomic E-state index is -0.682. The van der Waals surface area contributed by atoms with Crippen LogP contribution in [0.25, 0.3) is 0 Å². The summed E-state index contributed by atoms with van der Waals surface area (Å²) in [7, 11) is 0. The number of rotatable bonds is 7. The predicted molar refractivity (Wildman–Crippen MR) is 139 cm³/mol. The third-order valence-corrected chi connectivity index (χ3v) is 7.96. The minimum Gasteiger partial charge on any atom is -0.452 e. The van der Waals surface area contributed by atoms with Gasteiger partial charge in [-0.15, -0.1) is 23.2 Å². The molecule has 2 aliphatic rings. The molecule has 1 aliphatic heterocycles. The average molecular weight is 531 g/mol. The van der Waals surface area contributed by atoms with Crippen molar-refractivity contribution in [3.05, 3.63) is 59.2 Å². The quantitative estimate of drug-likeness (QED) is 0.317. The molecular formula is C27H28Cl2N2O5. The van der Waals surface area contributed by atoms with Crippen LogP contribution in [-0.4, -0.2) is 41.1 Å². The van der Waals surface area contributed by atoms with E-state index in [1.54, 1.807) is 0 Å². The number of benzene rings is 2. The highest BCUT2D eigenvalue weighted by molar-refractivity contribution is 6.31. The first-order valence-electron chi connectivity index (χ1n) is 12.1. The summed E-state index contributed by atoms with van der Waals surface area (Å²) in [6.45, 7) is 3.58. The van der Waals surface area contributed by atoms with Crippen molar-refractivity contribution in [1.82, 2.24) is 0 Å². The number of anilines is 2. The Labute approximate surface area is 220 Å². The number of aryl methyl sites for hydroxylation is 2. The van der Waals surface area contributed by atoms with Crippen molar-refractivity contribution in [3.8, 4) is 0 Å². The van der Waals surface area contributed by atoms with Crippen LogP contribution in [0.2, 0.25) is 0 Å². The van der Waals surface area contributed by atoms with Crippen LogP contribution in [0.15, 0.2) is 42.5 Å². The van der Waals surface area contributed by atoms with Crippen LogP contribution in [0.3, 0.4) is 0 Å².